The summed E-state index contributed by atoms with van der Waals surface area (Å²) in [5.41, 5.74) is 1.32. The summed E-state index contributed by atoms with van der Waals surface area (Å²) >= 11 is 0. The van der Waals surface area contributed by atoms with Crippen molar-refractivity contribution in [1.29, 1.82) is 5.26 Å². The quantitative estimate of drug-likeness (QED) is 0.794. The van der Waals surface area contributed by atoms with Crippen molar-refractivity contribution in [1.82, 2.24) is 5.32 Å². The molecule has 2 N–H and O–H groups in total. The summed E-state index contributed by atoms with van der Waals surface area (Å²) in [7, 11) is 0. The first-order valence-corrected chi connectivity index (χ1v) is 6.53. The average molecular weight is 287 g/mol. The van der Waals surface area contributed by atoms with E-state index in [0.717, 1.165) is 5.56 Å². The minimum Gasteiger partial charge on any atom is -0.351 e. The number of nitrogens with one attached hydrogen (secondary N) is 2. The summed E-state index contributed by atoms with van der Waals surface area (Å²) in [5, 5.41) is 13.7. The van der Waals surface area contributed by atoms with Crippen LogP contribution in [0.15, 0.2) is 24.3 Å². The molecule has 0 saturated heterocycles. The number of para-hydroxylation sites is 1. The summed E-state index contributed by atoms with van der Waals surface area (Å²) in [6, 6.07) is 8.81. The molecule has 0 aliphatic carbocycles. The number of carbonyl (C=O) groups excluding carboxylic acids is 3. The van der Waals surface area contributed by atoms with Gasteiger partial charge in [-0.2, -0.15) is 5.26 Å². The van der Waals surface area contributed by atoms with Gasteiger partial charge >= 0.3 is 0 Å². The Morgan fingerprint density at radius 2 is 1.86 bits per heavy atom. The van der Waals surface area contributed by atoms with E-state index in [0.29, 0.717) is 5.69 Å². The summed E-state index contributed by atoms with van der Waals surface area (Å²) in [5.74, 6) is -0.654. The van der Waals surface area contributed by atoms with Crippen LogP contribution in [0, 0.1) is 11.3 Å². The largest absolute Gasteiger partial charge is 0.351 e. The molecule has 0 aliphatic heterocycles. The second kappa shape index (κ2) is 8.48. The monoisotopic (exact) mass is 287 g/mol. The minimum atomic E-state index is -0.366. The highest BCUT2D eigenvalue weighted by molar-refractivity contribution is 5.93. The molecule has 0 bridgehead atoms. The topological polar surface area (TPSA) is 99.1 Å². The molecular formula is C15H17N3O3. The first-order chi connectivity index (χ1) is 10.0. The molecule has 2 amide bonds. The second-order valence-corrected chi connectivity index (χ2v) is 4.52. The number of anilines is 1. The van der Waals surface area contributed by atoms with E-state index < -0.39 is 0 Å². The van der Waals surface area contributed by atoms with E-state index in [1.54, 1.807) is 30.3 Å². The van der Waals surface area contributed by atoms with Crippen molar-refractivity contribution in [3.8, 4) is 6.07 Å². The molecule has 0 aromatic heterocycles. The van der Waals surface area contributed by atoms with Crippen LogP contribution in [0.25, 0.3) is 0 Å². The third-order valence-corrected chi connectivity index (χ3v) is 2.71. The first kappa shape index (κ1) is 16.4. The van der Waals surface area contributed by atoms with Gasteiger partial charge in [0.1, 0.15) is 12.2 Å². The van der Waals surface area contributed by atoms with Crippen molar-refractivity contribution in [2.75, 3.05) is 5.32 Å². The van der Waals surface area contributed by atoms with E-state index in [-0.39, 0.29) is 43.4 Å². The van der Waals surface area contributed by atoms with Gasteiger partial charge in [-0.15, -0.1) is 0 Å². The zero-order chi connectivity index (χ0) is 15.7. The van der Waals surface area contributed by atoms with Gasteiger partial charge in [0.25, 0.3) is 0 Å². The Balaban J connectivity index is 2.62. The lowest BCUT2D eigenvalue weighted by Gasteiger charge is -2.11. The maximum atomic E-state index is 11.7. The molecule has 1 aromatic rings. The number of amides is 2. The van der Waals surface area contributed by atoms with Gasteiger partial charge in [-0.05, 0) is 18.6 Å². The van der Waals surface area contributed by atoms with Crippen molar-refractivity contribution in [3.63, 3.8) is 0 Å². The normalized spacial score (nSPS) is 9.52. The van der Waals surface area contributed by atoms with Crippen molar-refractivity contribution in [3.05, 3.63) is 29.8 Å². The van der Waals surface area contributed by atoms with Crippen LogP contribution in [0.4, 0.5) is 5.69 Å². The smallest absolute Gasteiger partial charge is 0.234 e. The first-order valence-electron chi connectivity index (χ1n) is 6.53. The highest BCUT2D eigenvalue weighted by Crippen LogP contribution is 2.15. The van der Waals surface area contributed by atoms with E-state index in [4.69, 9.17) is 5.26 Å². The standard InChI is InChI=1S/C15H17N3O3/c1-11(19)6-7-15(21)18-13-5-3-2-4-12(13)10-17-14(20)8-9-16/h2-5H,6-8,10H2,1H3,(H,17,20)(H,18,21). The van der Waals surface area contributed by atoms with E-state index in [2.05, 4.69) is 10.6 Å². The lowest BCUT2D eigenvalue weighted by molar-refractivity contribution is -0.121. The van der Waals surface area contributed by atoms with Crippen LogP contribution in [0.3, 0.4) is 0 Å². The number of hydrogen-bond donors (Lipinski definition) is 2. The molecule has 21 heavy (non-hydrogen) atoms. The Morgan fingerprint density at radius 3 is 2.52 bits per heavy atom. The molecule has 0 saturated carbocycles. The molecule has 0 unspecified atom stereocenters. The molecule has 1 aromatic carbocycles. The third kappa shape index (κ3) is 6.34. The van der Waals surface area contributed by atoms with Gasteiger partial charge in [-0.1, -0.05) is 18.2 Å². The number of nitriles is 1. The molecule has 0 atom stereocenters. The SMILES string of the molecule is CC(=O)CCC(=O)Nc1ccccc1CNC(=O)CC#N. The Kier molecular flexibility index (Phi) is 6.61. The summed E-state index contributed by atoms with van der Waals surface area (Å²) in [4.78, 5) is 33.8. The molecule has 6 nitrogen and oxygen atoms in total. The lowest BCUT2D eigenvalue weighted by atomic mass is 10.1. The maximum absolute atomic E-state index is 11.7. The fraction of sp³-hybridized carbons (Fsp3) is 0.333. The fourth-order valence-electron chi connectivity index (χ4n) is 1.63. The lowest BCUT2D eigenvalue weighted by Crippen LogP contribution is -2.23. The van der Waals surface area contributed by atoms with Crippen LogP contribution >= 0.6 is 0 Å². The van der Waals surface area contributed by atoms with Gasteiger partial charge in [0.15, 0.2) is 0 Å². The number of rotatable bonds is 7. The Labute approximate surface area is 123 Å². The van der Waals surface area contributed by atoms with Gasteiger partial charge in [0, 0.05) is 25.1 Å². The van der Waals surface area contributed by atoms with Crippen LogP contribution < -0.4 is 10.6 Å². The van der Waals surface area contributed by atoms with Crippen LogP contribution in [-0.4, -0.2) is 17.6 Å². The highest BCUT2D eigenvalue weighted by atomic mass is 16.2. The molecule has 6 heteroatoms. The Bertz CT molecular complexity index is 576. The molecular weight excluding hydrogens is 270 g/mol. The number of hydrogen-bond acceptors (Lipinski definition) is 4. The van der Waals surface area contributed by atoms with Gasteiger partial charge in [0.05, 0.1) is 6.07 Å². The van der Waals surface area contributed by atoms with Gasteiger partial charge < -0.3 is 15.4 Å². The average Bonchev–Trinajstić information content (AvgIpc) is 2.44. The summed E-state index contributed by atoms with van der Waals surface area (Å²) in [6.45, 7) is 1.66. The number of ketones is 1. The molecule has 0 heterocycles. The van der Waals surface area contributed by atoms with Gasteiger partial charge in [-0.25, -0.2) is 0 Å². The van der Waals surface area contributed by atoms with Crippen LogP contribution in [-0.2, 0) is 20.9 Å². The van der Waals surface area contributed by atoms with Crippen LogP contribution in [0.1, 0.15) is 31.7 Å². The molecule has 0 aliphatic rings. The van der Waals surface area contributed by atoms with Gasteiger partial charge in [0.2, 0.25) is 11.8 Å². The zero-order valence-electron chi connectivity index (χ0n) is 11.8. The third-order valence-electron chi connectivity index (χ3n) is 2.71. The Hall–Kier alpha value is -2.68. The summed E-state index contributed by atoms with van der Waals surface area (Å²) < 4.78 is 0. The van der Waals surface area contributed by atoms with Crippen molar-refractivity contribution < 1.29 is 14.4 Å². The van der Waals surface area contributed by atoms with Crippen LogP contribution in [0.2, 0.25) is 0 Å². The number of benzene rings is 1. The number of nitrogens with zero attached hydrogens (tertiary/aromatic N) is 1. The van der Waals surface area contributed by atoms with Crippen molar-refractivity contribution in [2.24, 2.45) is 0 Å². The fourth-order valence-corrected chi connectivity index (χ4v) is 1.63. The van der Waals surface area contributed by atoms with E-state index in [9.17, 15) is 14.4 Å². The van der Waals surface area contributed by atoms with Crippen LogP contribution in [0.5, 0.6) is 0 Å². The molecule has 0 fully saturated rings. The molecule has 110 valence electrons. The molecule has 0 spiro atoms. The maximum Gasteiger partial charge on any atom is 0.234 e. The molecule has 1 rings (SSSR count). The van der Waals surface area contributed by atoms with E-state index in [1.165, 1.54) is 6.92 Å². The predicted octanol–water partition coefficient (Wildman–Crippen LogP) is 1.52. The summed E-state index contributed by atoms with van der Waals surface area (Å²) in [6.07, 6.45) is 0.129. The molecule has 0 radical (unpaired) electrons. The minimum absolute atomic E-state index is 0.0396. The number of Topliss-reactive ketones (excluding diaryl/α,β-unsaturated/α-hetero) is 1. The second-order valence-electron chi connectivity index (χ2n) is 4.52. The predicted molar refractivity (Wildman–Crippen MR) is 77.1 cm³/mol. The zero-order valence-corrected chi connectivity index (χ0v) is 11.8. The highest BCUT2D eigenvalue weighted by Gasteiger charge is 2.08. The van der Waals surface area contributed by atoms with E-state index in [1.807, 2.05) is 0 Å². The van der Waals surface area contributed by atoms with Crippen molar-refractivity contribution >= 4 is 23.3 Å². The van der Waals surface area contributed by atoms with Crippen molar-refractivity contribution in [2.45, 2.75) is 32.7 Å². The number of carbonyl (C=O) groups is 3. The van der Waals surface area contributed by atoms with E-state index >= 15 is 0 Å². The Morgan fingerprint density at radius 1 is 1.14 bits per heavy atom. The van der Waals surface area contributed by atoms with Gasteiger partial charge in [-0.3, -0.25) is 9.59 Å².